The van der Waals surface area contributed by atoms with E-state index in [-0.39, 0.29) is 11.3 Å². The Kier molecular flexibility index (Phi) is 5.83. The third kappa shape index (κ3) is 4.08. The summed E-state index contributed by atoms with van der Waals surface area (Å²) in [4.78, 5) is 35.3. The van der Waals surface area contributed by atoms with Crippen molar-refractivity contribution in [2.24, 2.45) is 0 Å². The second kappa shape index (κ2) is 8.53. The molecule has 2 heterocycles. The Morgan fingerprint density at radius 1 is 1.07 bits per heavy atom. The molecule has 0 aliphatic heterocycles. The lowest BCUT2D eigenvalue weighted by Gasteiger charge is -2.15. The Bertz CT molecular complexity index is 1280. The number of para-hydroxylation sites is 1. The molecule has 0 spiro atoms. The van der Waals surface area contributed by atoms with Crippen molar-refractivity contribution in [3.05, 3.63) is 92.8 Å². The predicted octanol–water partition coefficient (Wildman–Crippen LogP) is 5.22. The van der Waals surface area contributed by atoms with Crippen LogP contribution in [0.25, 0.3) is 16.7 Å². The number of hydrogen-bond donors (Lipinski definition) is 0. The highest BCUT2D eigenvalue weighted by atomic mass is 79.9. The van der Waals surface area contributed by atoms with Crippen molar-refractivity contribution in [1.29, 1.82) is 0 Å². The van der Waals surface area contributed by atoms with Crippen LogP contribution >= 0.6 is 27.7 Å². The number of halogens is 1. The summed E-state index contributed by atoms with van der Waals surface area (Å²) in [6.07, 6.45) is 1.71. The maximum atomic E-state index is 13.3. The average molecular weight is 480 g/mol. The molecule has 30 heavy (non-hydrogen) atoms. The summed E-state index contributed by atoms with van der Waals surface area (Å²) in [5, 5.41) is 0.514. The summed E-state index contributed by atoms with van der Waals surface area (Å²) >= 11 is 4.64. The molecule has 2 aromatic heterocycles. The van der Waals surface area contributed by atoms with Crippen molar-refractivity contribution in [2.75, 3.05) is 0 Å². The first-order chi connectivity index (χ1) is 14.4. The minimum Gasteiger partial charge on any atom is -0.293 e. The fourth-order valence-electron chi connectivity index (χ4n) is 3.05. The van der Waals surface area contributed by atoms with E-state index in [2.05, 4.69) is 20.9 Å². The summed E-state index contributed by atoms with van der Waals surface area (Å²) in [7, 11) is 0. The minimum atomic E-state index is -0.434. The van der Waals surface area contributed by atoms with E-state index in [1.807, 2.05) is 44.2 Å². The number of rotatable bonds is 5. The fourth-order valence-corrected chi connectivity index (χ4v) is 4.30. The molecule has 4 aromatic rings. The fraction of sp³-hybridized carbons (Fsp3) is 0.130. The van der Waals surface area contributed by atoms with E-state index in [0.29, 0.717) is 27.4 Å². The van der Waals surface area contributed by atoms with Crippen molar-refractivity contribution < 1.29 is 4.79 Å². The number of hydrogen-bond acceptors (Lipinski definition) is 5. The first-order valence-electron chi connectivity index (χ1n) is 9.35. The zero-order valence-electron chi connectivity index (χ0n) is 16.4. The summed E-state index contributed by atoms with van der Waals surface area (Å²) in [6, 6.07) is 18.1. The van der Waals surface area contributed by atoms with E-state index < -0.39 is 5.25 Å². The van der Waals surface area contributed by atoms with Gasteiger partial charge in [0.2, 0.25) is 0 Å². The molecule has 150 valence electrons. The number of nitrogens with zero attached hydrogens (tertiary/aromatic N) is 3. The highest BCUT2D eigenvalue weighted by Crippen LogP contribution is 2.27. The number of carbonyl (C=O) groups excluding carboxylic acids is 1. The van der Waals surface area contributed by atoms with Gasteiger partial charge in [0.05, 0.1) is 16.2 Å². The largest absolute Gasteiger partial charge is 0.293 e. The summed E-state index contributed by atoms with van der Waals surface area (Å²) in [5.41, 5.74) is 1.99. The molecule has 0 amide bonds. The molecule has 0 aliphatic carbocycles. The van der Waals surface area contributed by atoms with Gasteiger partial charge in [-0.25, -0.2) is 14.5 Å². The average Bonchev–Trinajstić information content (AvgIpc) is 2.75. The molecule has 2 aromatic carbocycles. The lowest BCUT2D eigenvalue weighted by Crippen LogP contribution is -2.24. The SMILES string of the molecule is Cc1ccc(-n2c(SC(C)C(=O)c3ccc(Br)cc3)nc3ccccc3c2=O)nc1. The van der Waals surface area contributed by atoms with Crippen LogP contribution < -0.4 is 5.56 Å². The van der Waals surface area contributed by atoms with Crippen molar-refractivity contribution in [3.8, 4) is 5.82 Å². The molecule has 0 saturated heterocycles. The number of thioether (sulfide) groups is 1. The van der Waals surface area contributed by atoms with Crippen molar-refractivity contribution in [1.82, 2.24) is 14.5 Å². The number of aryl methyl sites for hydroxylation is 1. The number of ketones is 1. The number of benzene rings is 2. The summed E-state index contributed by atoms with van der Waals surface area (Å²) in [5.74, 6) is 0.452. The van der Waals surface area contributed by atoms with Gasteiger partial charge in [0.25, 0.3) is 5.56 Å². The van der Waals surface area contributed by atoms with Gasteiger partial charge >= 0.3 is 0 Å². The van der Waals surface area contributed by atoms with E-state index in [1.165, 1.54) is 16.3 Å². The normalized spacial score (nSPS) is 12.1. The molecule has 1 atom stereocenters. The van der Waals surface area contributed by atoms with Gasteiger partial charge in [-0.05, 0) is 49.7 Å². The topological polar surface area (TPSA) is 64.8 Å². The molecule has 7 heteroatoms. The molecule has 5 nitrogen and oxygen atoms in total. The zero-order valence-corrected chi connectivity index (χ0v) is 18.8. The molecule has 0 saturated carbocycles. The van der Waals surface area contributed by atoms with Crippen LogP contribution in [0.1, 0.15) is 22.8 Å². The number of pyridine rings is 1. The van der Waals surface area contributed by atoms with Gasteiger partial charge in [0.1, 0.15) is 5.82 Å². The Morgan fingerprint density at radius 2 is 1.80 bits per heavy atom. The minimum absolute atomic E-state index is 0.0293. The number of aromatic nitrogens is 3. The van der Waals surface area contributed by atoms with Crippen LogP contribution in [0, 0.1) is 6.92 Å². The van der Waals surface area contributed by atoms with Crippen LogP contribution in [0.3, 0.4) is 0 Å². The second-order valence-corrected chi connectivity index (χ2v) is 9.10. The van der Waals surface area contributed by atoms with Crippen LogP contribution in [-0.4, -0.2) is 25.6 Å². The molecule has 0 fully saturated rings. The standard InChI is InChI=1S/C23H18BrN3O2S/c1-14-7-12-20(25-13-14)27-22(29)18-5-3-4-6-19(18)26-23(27)30-15(2)21(28)16-8-10-17(24)11-9-16/h3-13,15H,1-2H3. The first-order valence-corrected chi connectivity index (χ1v) is 11.0. The zero-order chi connectivity index (χ0) is 21.3. The quantitative estimate of drug-likeness (QED) is 0.223. The molecule has 1 unspecified atom stereocenters. The molecule has 4 rings (SSSR count). The maximum Gasteiger partial charge on any atom is 0.267 e. The Labute approximate surface area is 186 Å². The molecule has 0 aliphatic rings. The Balaban J connectivity index is 1.79. The van der Waals surface area contributed by atoms with Crippen molar-refractivity contribution in [3.63, 3.8) is 0 Å². The molecule has 0 bridgehead atoms. The van der Waals surface area contributed by atoms with E-state index in [9.17, 15) is 9.59 Å². The van der Waals surface area contributed by atoms with Crippen molar-refractivity contribution >= 4 is 44.4 Å². The molecular formula is C23H18BrN3O2S. The highest BCUT2D eigenvalue weighted by molar-refractivity contribution is 9.10. The number of carbonyl (C=O) groups is 1. The van der Waals surface area contributed by atoms with Gasteiger partial charge in [-0.1, -0.05) is 58.0 Å². The number of fused-ring (bicyclic) bond motifs is 1. The highest BCUT2D eigenvalue weighted by Gasteiger charge is 2.21. The third-order valence-electron chi connectivity index (χ3n) is 4.65. The Morgan fingerprint density at radius 3 is 2.50 bits per heavy atom. The second-order valence-electron chi connectivity index (χ2n) is 6.88. The van der Waals surface area contributed by atoms with E-state index in [0.717, 1.165) is 10.0 Å². The predicted molar refractivity (Wildman–Crippen MR) is 124 cm³/mol. The van der Waals surface area contributed by atoms with Crippen molar-refractivity contribution in [2.45, 2.75) is 24.3 Å². The van der Waals surface area contributed by atoms with Crippen LogP contribution in [0.2, 0.25) is 0 Å². The lowest BCUT2D eigenvalue weighted by molar-refractivity contribution is 0.0994. The monoisotopic (exact) mass is 479 g/mol. The first kappa shape index (κ1) is 20.5. The maximum absolute atomic E-state index is 13.3. The van der Waals surface area contributed by atoms with E-state index >= 15 is 0 Å². The van der Waals surface area contributed by atoms with E-state index in [4.69, 9.17) is 4.98 Å². The van der Waals surface area contributed by atoms with Crippen LogP contribution in [-0.2, 0) is 0 Å². The van der Waals surface area contributed by atoms with Gasteiger partial charge in [-0.15, -0.1) is 0 Å². The third-order valence-corrected chi connectivity index (χ3v) is 6.23. The molecular weight excluding hydrogens is 462 g/mol. The summed E-state index contributed by atoms with van der Waals surface area (Å²) < 4.78 is 2.40. The van der Waals surface area contributed by atoms with E-state index in [1.54, 1.807) is 36.5 Å². The van der Waals surface area contributed by atoms with Gasteiger partial charge in [0, 0.05) is 16.2 Å². The van der Waals surface area contributed by atoms with Gasteiger partial charge in [-0.3, -0.25) is 9.59 Å². The molecule has 0 radical (unpaired) electrons. The van der Waals surface area contributed by atoms with Gasteiger partial charge in [0.15, 0.2) is 10.9 Å². The van der Waals surface area contributed by atoms with Gasteiger partial charge in [-0.2, -0.15) is 0 Å². The van der Waals surface area contributed by atoms with Crippen LogP contribution in [0.5, 0.6) is 0 Å². The molecule has 0 N–H and O–H groups in total. The lowest BCUT2D eigenvalue weighted by atomic mass is 10.1. The smallest absolute Gasteiger partial charge is 0.267 e. The van der Waals surface area contributed by atoms with Gasteiger partial charge < -0.3 is 0 Å². The van der Waals surface area contributed by atoms with Crippen LogP contribution in [0.4, 0.5) is 0 Å². The Hall–Kier alpha value is -2.77. The summed E-state index contributed by atoms with van der Waals surface area (Å²) in [6.45, 7) is 3.76. The number of Topliss-reactive ketones (excluding diaryl/α,β-unsaturated/α-hetero) is 1. The van der Waals surface area contributed by atoms with Crippen LogP contribution in [0.15, 0.2) is 81.3 Å².